The number of hydrogen-bond acceptors (Lipinski definition) is 5. The fraction of sp³-hybridized carbons (Fsp3) is 0.526. The summed E-state index contributed by atoms with van der Waals surface area (Å²) in [4.78, 5) is 8.81. The fourth-order valence-corrected chi connectivity index (χ4v) is 3.95. The van der Waals surface area contributed by atoms with E-state index < -0.39 is 0 Å². The molecular formula is C19H23N5O. The molecule has 2 heterocycles. The van der Waals surface area contributed by atoms with E-state index >= 15 is 0 Å². The van der Waals surface area contributed by atoms with Crippen LogP contribution in [0, 0.1) is 5.92 Å². The average molecular weight is 337 g/mol. The Kier molecular flexibility index (Phi) is 3.50. The molecule has 6 nitrogen and oxygen atoms in total. The molecule has 3 atom stereocenters. The zero-order valence-corrected chi connectivity index (χ0v) is 14.4. The Morgan fingerprint density at radius 3 is 2.92 bits per heavy atom. The Bertz CT molecular complexity index is 867. The van der Waals surface area contributed by atoms with E-state index in [1.54, 1.807) is 6.33 Å². The average Bonchev–Trinajstić information content (AvgIpc) is 3.16. The molecular weight excluding hydrogens is 314 g/mol. The van der Waals surface area contributed by atoms with Gasteiger partial charge in [-0.25, -0.2) is 14.6 Å². The quantitative estimate of drug-likeness (QED) is 0.775. The van der Waals surface area contributed by atoms with Gasteiger partial charge in [0.1, 0.15) is 18.2 Å². The number of hydrogen-bond donors (Lipinski definition) is 1. The van der Waals surface area contributed by atoms with Crippen LogP contribution in [0.4, 0.5) is 5.69 Å². The molecule has 0 amide bonds. The van der Waals surface area contributed by atoms with Crippen molar-refractivity contribution in [2.75, 3.05) is 5.32 Å². The molecule has 0 radical (unpaired) electrons. The summed E-state index contributed by atoms with van der Waals surface area (Å²) in [7, 11) is 0. The topological polar surface area (TPSA) is 68.8 Å². The van der Waals surface area contributed by atoms with Gasteiger partial charge in [-0.15, -0.1) is 0 Å². The molecule has 130 valence electrons. The van der Waals surface area contributed by atoms with Gasteiger partial charge in [-0.3, -0.25) is 0 Å². The van der Waals surface area contributed by atoms with E-state index in [9.17, 15) is 0 Å². The Hall–Kier alpha value is -2.37. The van der Waals surface area contributed by atoms with E-state index in [0.29, 0.717) is 23.9 Å². The second-order valence-electron chi connectivity index (χ2n) is 7.62. The van der Waals surface area contributed by atoms with Gasteiger partial charge in [0.2, 0.25) is 0 Å². The maximum absolute atomic E-state index is 5.87. The van der Waals surface area contributed by atoms with Crippen LogP contribution in [0.15, 0.2) is 35.3 Å². The van der Waals surface area contributed by atoms with Crippen LogP contribution in [0.5, 0.6) is 0 Å². The van der Waals surface area contributed by atoms with Gasteiger partial charge < -0.3 is 9.73 Å². The van der Waals surface area contributed by atoms with Crippen molar-refractivity contribution in [3.05, 3.63) is 36.7 Å². The second kappa shape index (κ2) is 5.86. The van der Waals surface area contributed by atoms with Crippen LogP contribution in [0.3, 0.4) is 0 Å². The molecule has 0 bridgehead atoms. The molecule has 3 aromatic rings. The lowest BCUT2D eigenvalue weighted by Gasteiger charge is -2.35. The van der Waals surface area contributed by atoms with Gasteiger partial charge in [0.05, 0.1) is 6.04 Å². The zero-order chi connectivity index (χ0) is 16.8. The summed E-state index contributed by atoms with van der Waals surface area (Å²) in [5.41, 5.74) is 2.94. The molecule has 2 saturated carbocycles. The van der Waals surface area contributed by atoms with Crippen molar-refractivity contribution in [2.24, 2.45) is 5.92 Å². The van der Waals surface area contributed by atoms with Crippen molar-refractivity contribution in [1.82, 2.24) is 19.7 Å². The molecule has 2 aliphatic rings. The highest BCUT2D eigenvalue weighted by atomic mass is 16.3. The SMILES string of the molecule is CC1CCC(Nc2ccc3oc(C4CC4)nc3c2)C(n2cncn2)C1. The zero-order valence-electron chi connectivity index (χ0n) is 14.4. The van der Waals surface area contributed by atoms with E-state index in [-0.39, 0.29) is 0 Å². The highest BCUT2D eigenvalue weighted by Gasteiger charge is 2.31. The lowest BCUT2D eigenvalue weighted by molar-refractivity contribution is 0.244. The van der Waals surface area contributed by atoms with E-state index in [4.69, 9.17) is 4.42 Å². The minimum atomic E-state index is 0.335. The predicted molar refractivity (Wildman–Crippen MR) is 95.5 cm³/mol. The molecule has 2 aliphatic carbocycles. The van der Waals surface area contributed by atoms with Crippen LogP contribution in [0.1, 0.15) is 56.9 Å². The fourth-order valence-electron chi connectivity index (χ4n) is 3.95. The number of fused-ring (bicyclic) bond motifs is 1. The molecule has 1 aromatic carbocycles. The van der Waals surface area contributed by atoms with E-state index in [0.717, 1.165) is 35.5 Å². The number of anilines is 1. The smallest absolute Gasteiger partial charge is 0.198 e. The lowest BCUT2D eigenvalue weighted by Crippen LogP contribution is -2.36. The number of benzene rings is 1. The van der Waals surface area contributed by atoms with Crippen LogP contribution in [-0.2, 0) is 0 Å². The van der Waals surface area contributed by atoms with Crippen molar-refractivity contribution >= 4 is 16.8 Å². The number of oxazole rings is 1. The lowest BCUT2D eigenvalue weighted by atomic mass is 9.83. The van der Waals surface area contributed by atoms with Gasteiger partial charge in [0.15, 0.2) is 11.5 Å². The van der Waals surface area contributed by atoms with Gasteiger partial charge in [-0.2, -0.15) is 5.10 Å². The summed E-state index contributed by atoms with van der Waals surface area (Å²) in [6.45, 7) is 2.32. The third-order valence-corrected chi connectivity index (χ3v) is 5.54. The maximum atomic E-state index is 5.87. The molecule has 0 spiro atoms. The first-order chi connectivity index (χ1) is 12.3. The number of aromatic nitrogens is 4. The first-order valence-corrected chi connectivity index (χ1v) is 9.27. The van der Waals surface area contributed by atoms with Crippen LogP contribution in [-0.4, -0.2) is 25.8 Å². The van der Waals surface area contributed by atoms with Gasteiger partial charge in [-0.1, -0.05) is 6.92 Å². The Morgan fingerprint density at radius 1 is 1.20 bits per heavy atom. The maximum Gasteiger partial charge on any atom is 0.198 e. The summed E-state index contributed by atoms with van der Waals surface area (Å²) >= 11 is 0. The van der Waals surface area contributed by atoms with Crippen molar-refractivity contribution in [3.8, 4) is 0 Å². The molecule has 2 fully saturated rings. The molecule has 25 heavy (non-hydrogen) atoms. The largest absolute Gasteiger partial charge is 0.440 e. The van der Waals surface area contributed by atoms with Gasteiger partial charge >= 0.3 is 0 Å². The van der Waals surface area contributed by atoms with Crippen LogP contribution < -0.4 is 5.32 Å². The molecule has 0 saturated heterocycles. The van der Waals surface area contributed by atoms with E-state index in [2.05, 4.69) is 39.4 Å². The molecule has 1 N–H and O–H groups in total. The number of rotatable bonds is 4. The van der Waals surface area contributed by atoms with Crippen molar-refractivity contribution in [3.63, 3.8) is 0 Å². The Labute approximate surface area is 146 Å². The summed E-state index contributed by atoms with van der Waals surface area (Å²) < 4.78 is 7.88. The first-order valence-electron chi connectivity index (χ1n) is 9.27. The number of nitrogens with zero attached hydrogens (tertiary/aromatic N) is 4. The summed E-state index contributed by atoms with van der Waals surface area (Å²) in [6.07, 6.45) is 9.36. The standard InChI is InChI=1S/C19H23N5O/c1-12-2-6-15(17(8-12)24-11-20-10-21-24)22-14-5-7-18-16(9-14)23-19(25-18)13-3-4-13/h5,7,9-13,15,17,22H,2-4,6,8H2,1H3. The second-order valence-corrected chi connectivity index (χ2v) is 7.62. The van der Waals surface area contributed by atoms with Gasteiger partial charge in [0.25, 0.3) is 0 Å². The summed E-state index contributed by atoms with van der Waals surface area (Å²) in [6, 6.07) is 6.93. The monoisotopic (exact) mass is 337 g/mol. The van der Waals surface area contributed by atoms with E-state index in [1.807, 2.05) is 17.1 Å². The normalized spacial score (nSPS) is 26.8. The van der Waals surface area contributed by atoms with Gasteiger partial charge in [0, 0.05) is 17.6 Å². The minimum absolute atomic E-state index is 0.335. The molecule has 6 heteroatoms. The van der Waals surface area contributed by atoms with Crippen molar-refractivity contribution in [2.45, 2.75) is 57.0 Å². The predicted octanol–water partition coefficient (Wildman–Crippen LogP) is 4.14. The highest BCUT2D eigenvalue weighted by molar-refractivity contribution is 5.77. The Balaban J connectivity index is 1.40. The molecule has 5 rings (SSSR count). The van der Waals surface area contributed by atoms with E-state index in [1.165, 1.54) is 19.3 Å². The Morgan fingerprint density at radius 2 is 2.12 bits per heavy atom. The third-order valence-electron chi connectivity index (χ3n) is 5.54. The molecule has 2 aromatic heterocycles. The minimum Gasteiger partial charge on any atom is -0.440 e. The number of nitrogens with one attached hydrogen (secondary N) is 1. The van der Waals surface area contributed by atoms with Gasteiger partial charge in [-0.05, 0) is 56.2 Å². The van der Waals surface area contributed by atoms with Crippen molar-refractivity contribution in [1.29, 1.82) is 0 Å². The molecule has 0 aliphatic heterocycles. The first kappa shape index (κ1) is 14.9. The summed E-state index contributed by atoms with van der Waals surface area (Å²) in [5.74, 6) is 2.16. The third kappa shape index (κ3) is 2.90. The van der Waals surface area contributed by atoms with Crippen LogP contribution in [0.25, 0.3) is 11.1 Å². The van der Waals surface area contributed by atoms with Crippen LogP contribution >= 0.6 is 0 Å². The van der Waals surface area contributed by atoms with Crippen molar-refractivity contribution < 1.29 is 4.42 Å². The highest BCUT2D eigenvalue weighted by Crippen LogP contribution is 2.41. The van der Waals surface area contributed by atoms with Crippen LogP contribution in [0.2, 0.25) is 0 Å². The molecule has 3 unspecified atom stereocenters. The summed E-state index contributed by atoms with van der Waals surface area (Å²) in [5, 5.41) is 8.10.